The first-order valence-corrected chi connectivity index (χ1v) is 16.8. The summed E-state index contributed by atoms with van der Waals surface area (Å²) in [6.07, 6.45) is 45.0. The molecule has 2 nitrogen and oxygen atoms in total. The van der Waals surface area contributed by atoms with E-state index in [4.69, 9.17) is 0 Å². The van der Waals surface area contributed by atoms with Gasteiger partial charge in [-0.15, -0.1) is 0 Å². The largest absolute Gasteiger partial charge is 2.00 e. The molecule has 6 fully saturated rings. The predicted octanol–water partition coefficient (Wildman–Crippen LogP) is 8.01. The van der Waals surface area contributed by atoms with Gasteiger partial charge in [0.2, 0.25) is 0 Å². The zero-order valence-electron chi connectivity index (χ0n) is 27.2. The third kappa shape index (κ3) is 7.36. The number of fused-ring (bicyclic) bond motifs is 4. The van der Waals surface area contributed by atoms with Crippen LogP contribution in [0.2, 0.25) is 0 Å². The Hall–Kier alpha value is -0.371. The van der Waals surface area contributed by atoms with Crippen molar-refractivity contribution >= 4 is 5.78 Å². The molecule has 1 aromatic rings. The minimum atomic E-state index is -0.177. The monoisotopic (exact) mass is 704 g/mol. The predicted molar refractivity (Wildman–Crippen MR) is 181 cm³/mol. The summed E-state index contributed by atoms with van der Waals surface area (Å²) in [4.78, 5) is 13.9. The maximum Gasteiger partial charge on any atom is 2.00 e. The van der Waals surface area contributed by atoms with Crippen LogP contribution in [0.4, 0.5) is 0 Å². The van der Waals surface area contributed by atoms with Gasteiger partial charge in [0.05, 0.1) is 6.10 Å². The second kappa shape index (κ2) is 16.3. The summed E-state index contributed by atoms with van der Waals surface area (Å²) in [7, 11) is 0. The molecule has 1 N–H and O–H groups in total. The van der Waals surface area contributed by atoms with E-state index in [-0.39, 0.29) is 56.9 Å². The fourth-order valence-electron chi connectivity index (χ4n) is 9.59. The normalized spacial score (nSPS) is 36.7. The van der Waals surface area contributed by atoms with Crippen molar-refractivity contribution in [3.8, 4) is 0 Å². The molecule has 8 aliphatic rings. The molecule has 0 amide bonds. The van der Waals surface area contributed by atoms with Gasteiger partial charge in [0.15, 0.2) is 5.78 Å². The van der Waals surface area contributed by atoms with Gasteiger partial charge >= 0.3 is 34.1 Å². The van der Waals surface area contributed by atoms with Gasteiger partial charge in [-0.1, -0.05) is 32.1 Å². The van der Waals surface area contributed by atoms with Crippen LogP contribution in [0.1, 0.15) is 73.0 Å². The Morgan fingerprint density at radius 1 is 0.702 bits per heavy atom. The van der Waals surface area contributed by atoms with Crippen molar-refractivity contribution in [3.63, 3.8) is 0 Å². The van der Waals surface area contributed by atoms with Crippen LogP contribution in [-0.2, 0) is 46.0 Å². The van der Waals surface area contributed by atoms with Crippen LogP contribution in [0.15, 0.2) is 23.8 Å². The molecule has 47 heavy (non-hydrogen) atoms. The zero-order valence-corrected chi connectivity index (χ0v) is 29.4. The van der Waals surface area contributed by atoms with E-state index >= 15 is 0 Å². The van der Waals surface area contributed by atoms with Crippen LogP contribution >= 0.6 is 0 Å². The number of ketones is 1. The van der Waals surface area contributed by atoms with Gasteiger partial charge < -0.3 is 5.11 Å². The van der Waals surface area contributed by atoms with Crippen molar-refractivity contribution in [3.05, 3.63) is 173 Å². The van der Waals surface area contributed by atoms with Gasteiger partial charge in [0.1, 0.15) is 0 Å². The summed E-state index contributed by atoms with van der Waals surface area (Å²) in [5.74, 6) is 4.25. The number of benzene rings is 1. The van der Waals surface area contributed by atoms with Crippen molar-refractivity contribution in [2.45, 2.75) is 63.9 Å². The second-order valence-electron chi connectivity index (χ2n) is 14.1. The van der Waals surface area contributed by atoms with Crippen LogP contribution in [0.25, 0.3) is 0 Å². The zero-order chi connectivity index (χ0) is 31.0. The van der Waals surface area contributed by atoms with E-state index in [1.165, 1.54) is 22.6 Å². The Kier molecular flexibility index (Phi) is 13.1. The average Bonchev–Trinajstić information content (AvgIpc) is 3.88. The quantitative estimate of drug-likeness (QED) is 0.250. The number of allylic oxidation sites excluding steroid dienone is 2. The van der Waals surface area contributed by atoms with E-state index in [0.717, 1.165) is 55.6 Å². The third-order valence-electron chi connectivity index (χ3n) is 11.7. The molecular weight excluding hydrogens is 660 g/mol. The van der Waals surface area contributed by atoms with Crippen LogP contribution in [-0.4, -0.2) is 17.0 Å². The van der Waals surface area contributed by atoms with Crippen molar-refractivity contribution in [2.24, 2.45) is 23.2 Å². The fourth-order valence-corrected chi connectivity index (χ4v) is 9.59. The minimum Gasteiger partial charge on any atom is -0.393 e. The van der Waals surface area contributed by atoms with E-state index in [1.807, 2.05) is 77.0 Å². The molecule has 4 heteroatoms. The number of Topliss-reactive ketones (excluding diaryl/α,β-unsaturated/α-hetero) is 1. The van der Waals surface area contributed by atoms with E-state index in [0.29, 0.717) is 17.8 Å². The van der Waals surface area contributed by atoms with Gasteiger partial charge in [0.25, 0.3) is 0 Å². The second-order valence-corrected chi connectivity index (χ2v) is 14.1. The van der Waals surface area contributed by atoms with Gasteiger partial charge in [-0.05, 0) is 200 Å². The van der Waals surface area contributed by atoms with Crippen LogP contribution in [0, 0.1) is 151 Å². The average molecular weight is 705 g/mol. The molecule has 0 spiro atoms. The van der Waals surface area contributed by atoms with Crippen LogP contribution < -0.4 is 0 Å². The Morgan fingerprint density at radius 2 is 1.26 bits per heavy atom. The molecule has 20 radical (unpaired) electrons. The summed E-state index contributed by atoms with van der Waals surface area (Å²) in [5.41, 5.74) is 5.91. The van der Waals surface area contributed by atoms with Gasteiger partial charge in [0, 0.05) is 22.8 Å². The molecule has 240 valence electrons. The van der Waals surface area contributed by atoms with Crippen LogP contribution in [0.5, 0.6) is 0 Å². The number of hydrogen-bond acceptors (Lipinski definition) is 2. The number of aliphatic hydroxyl groups is 1. The van der Waals surface area contributed by atoms with E-state index < -0.39 is 0 Å². The molecule has 0 bridgehead atoms. The molecule has 0 saturated heterocycles. The first-order chi connectivity index (χ1) is 21.9. The van der Waals surface area contributed by atoms with Crippen molar-refractivity contribution in [1.29, 1.82) is 0 Å². The molecule has 9 rings (SSSR count). The SMILES string of the molecule is C[C@]12CC[C@H]3[C@@H](Cc4c([C]5[CH][CH][CH][CH]5)ccc5c4[C@]3(C)C/C(=C/[C]3[CH][CH][CH][CH]3)C5=O)[C@@H]1CC[C@@H]2O.[CH]1[CH][CH][CH][CH]1.[CH]1[CH][CH][CH][CH]1.[Fe+2].[Fe+2]. The molecular formula is C43H44Fe2O2+4. The molecule has 0 heterocycles. The van der Waals surface area contributed by atoms with Crippen molar-refractivity contribution in [2.75, 3.05) is 0 Å². The summed E-state index contributed by atoms with van der Waals surface area (Å²) in [6, 6.07) is 4.32. The van der Waals surface area contributed by atoms with Crippen molar-refractivity contribution in [1.82, 2.24) is 0 Å². The smallest absolute Gasteiger partial charge is 0.393 e. The molecule has 1 aromatic carbocycles. The van der Waals surface area contributed by atoms with E-state index in [2.05, 4.69) is 70.6 Å². The number of rotatable bonds is 2. The van der Waals surface area contributed by atoms with E-state index in [9.17, 15) is 9.90 Å². The number of carbonyl (C=O) groups excluding carboxylic acids is 1. The summed E-state index contributed by atoms with van der Waals surface area (Å²) >= 11 is 0. The maximum atomic E-state index is 13.9. The number of hydrogen-bond donors (Lipinski definition) is 1. The molecule has 0 aliphatic heterocycles. The van der Waals surface area contributed by atoms with Gasteiger partial charge in [-0.3, -0.25) is 4.79 Å². The maximum absolute atomic E-state index is 13.9. The Labute approximate surface area is 308 Å². The first kappa shape index (κ1) is 37.9. The topological polar surface area (TPSA) is 37.3 Å². The summed E-state index contributed by atoms with van der Waals surface area (Å²) < 4.78 is 0. The van der Waals surface area contributed by atoms with Crippen molar-refractivity contribution < 1.29 is 44.0 Å². The molecule has 8 aliphatic carbocycles. The number of carbonyl (C=O) groups is 1. The Balaban J connectivity index is 0.000000311. The molecule has 0 aromatic heterocycles. The Bertz CT molecular complexity index is 1210. The molecule has 0 unspecified atom stereocenters. The minimum absolute atomic E-state index is 0. The summed E-state index contributed by atoms with van der Waals surface area (Å²) in [5, 5.41) is 11.0. The first-order valence-electron chi connectivity index (χ1n) is 16.8. The fraction of sp³-hybridized carbons (Fsp3) is 0.326. The van der Waals surface area contributed by atoms with Gasteiger partial charge in [-0.2, -0.15) is 0 Å². The third-order valence-corrected chi connectivity index (χ3v) is 11.7. The molecule has 6 atom stereocenters. The van der Waals surface area contributed by atoms with E-state index in [1.54, 1.807) is 0 Å². The standard InChI is InChI=1S/C33H34O2.2C5H5.2Fe/c1-32-16-15-28-26(27(32)13-14-29(32)34)18-25-23(21-9-5-6-10-21)11-12-24-30(25)33(28,2)19-22(31(24)35)17-20-7-3-4-8-20;2*1-2-4-5-3-1;;/h3-12,17,26-29,34H,13-16,18-19H2,1-2H3;2*1-5H;;/q;;;2*+2/b22-17-;;;;/t26-,27-,28-,29-,32-,33+;;;;/m0..../s1. The van der Waals surface area contributed by atoms with Crippen LogP contribution in [0.3, 0.4) is 0 Å². The van der Waals surface area contributed by atoms with Gasteiger partial charge in [-0.25, -0.2) is 0 Å². The summed E-state index contributed by atoms with van der Waals surface area (Å²) in [6.45, 7) is 4.81. The molecule has 6 saturated carbocycles. The Morgan fingerprint density at radius 3 is 1.85 bits per heavy atom. The number of aliphatic hydroxyl groups excluding tert-OH is 1.